The Morgan fingerprint density at radius 1 is 1.15 bits per heavy atom. The van der Waals surface area contributed by atoms with Crippen LogP contribution in [0.1, 0.15) is 54.4 Å². The summed E-state index contributed by atoms with van der Waals surface area (Å²) in [4.78, 5) is 13.6. The minimum absolute atomic E-state index is 0.127. The van der Waals surface area contributed by atoms with E-state index in [0.29, 0.717) is 25.9 Å². The molecular formula is C16H27NO3. The van der Waals surface area contributed by atoms with Gasteiger partial charge in [-0.3, -0.25) is 0 Å². The number of nitrogens with zero attached hydrogens (tertiary/aromatic N) is 1. The molecular weight excluding hydrogens is 254 g/mol. The maximum Gasteiger partial charge on any atom is 0.410 e. The van der Waals surface area contributed by atoms with Gasteiger partial charge in [-0.15, -0.1) is 0 Å². The number of piperidine rings is 1. The number of carbonyl (C=O) groups excluding carboxylic acids is 1. The number of aliphatic hydroxyl groups is 1. The molecule has 0 bridgehead atoms. The summed E-state index contributed by atoms with van der Waals surface area (Å²) in [5, 5.41) is 10.4. The summed E-state index contributed by atoms with van der Waals surface area (Å²) in [5.41, 5.74) is -1.60. The third-order valence-electron chi connectivity index (χ3n) is 2.91. The fraction of sp³-hybridized carbons (Fsp3) is 0.812. The summed E-state index contributed by atoms with van der Waals surface area (Å²) in [6.07, 6.45) is 0.619. The van der Waals surface area contributed by atoms with E-state index in [1.54, 1.807) is 4.90 Å². The minimum atomic E-state index is -0.980. The maximum atomic E-state index is 11.9. The lowest BCUT2D eigenvalue weighted by molar-refractivity contribution is -0.00524. The van der Waals surface area contributed by atoms with Crippen molar-refractivity contribution in [2.24, 2.45) is 5.41 Å². The number of amides is 1. The number of hydrogen-bond donors (Lipinski definition) is 1. The summed E-state index contributed by atoms with van der Waals surface area (Å²) in [6, 6.07) is 0. The van der Waals surface area contributed by atoms with Crippen molar-refractivity contribution in [2.45, 2.75) is 65.6 Å². The molecule has 1 amide bonds. The van der Waals surface area contributed by atoms with Gasteiger partial charge in [-0.2, -0.15) is 0 Å². The second kappa shape index (κ2) is 5.65. The zero-order valence-corrected chi connectivity index (χ0v) is 13.5. The van der Waals surface area contributed by atoms with Crippen molar-refractivity contribution in [3.8, 4) is 11.8 Å². The molecule has 1 aliphatic rings. The first-order chi connectivity index (χ1) is 8.90. The van der Waals surface area contributed by atoms with Crippen molar-refractivity contribution in [3.05, 3.63) is 0 Å². The highest BCUT2D eigenvalue weighted by atomic mass is 16.6. The number of carbonyl (C=O) groups is 1. The minimum Gasteiger partial charge on any atom is -0.444 e. The van der Waals surface area contributed by atoms with E-state index in [-0.39, 0.29) is 11.5 Å². The Hall–Kier alpha value is -1.21. The SMILES string of the molecule is CC(C)(C)C#CC1(O)CCN(C(=O)OC(C)(C)C)CC1. The smallest absolute Gasteiger partial charge is 0.410 e. The third kappa shape index (κ3) is 5.83. The lowest BCUT2D eigenvalue weighted by Crippen LogP contribution is -2.47. The van der Waals surface area contributed by atoms with Crippen LogP contribution in [0.2, 0.25) is 0 Å². The fourth-order valence-electron chi connectivity index (χ4n) is 1.81. The Labute approximate surface area is 122 Å². The van der Waals surface area contributed by atoms with Gasteiger partial charge in [-0.25, -0.2) is 4.79 Å². The zero-order chi connectivity index (χ0) is 15.6. The average Bonchev–Trinajstić information content (AvgIpc) is 2.24. The Balaban J connectivity index is 2.59. The van der Waals surface area contributed by atoms with E-state index >= 15 is 0 Å². The molecule has 1 aliphatic heterocycles. The van der Waals surface area contributed by atoms with Crippen LogP contribution in [0.15, 0.2) is 0 Å². The molecule has 1 N–H and O–H groups in total. The van der Waals surface area contributed by atoms with Gasteiger partial charge in [0.25, 0.3) is 0 Å². The van der Waals surface area contributed by atoms with Gasteiger partial charge in [-0.1, -0.05) is 11.8 Å². The van der Waals surface area contributed by atoms with Gasteiger partial charge in [-0.05, 0) is 41.5 Å². The van der Waals surface area contributed by atoms with Crippen molar-refractivity contribution in [3.63, 3.8) is 0 Å². The molecule has 4 nitrogen and oxygen atoms in total. The summed E-state index contributed by atoms with van der Waals surface area (Å²) in [7, 11) is 0. The second-order valence-electron chi connectivity index (χ2n) is 7.50. The molecule has 0 atom stereocenters. The van der Waals surface area contributed by atoms with Crippen molar-refractivity contribution < 1.29 is 14.6 Å². The van der Waals surface area contributed by atoms with Crippen LogP contribution >= 0.6 is 0 Å². The lowest BCUT2D eigenvalue weighted by atomic mass is 9.89. The van der Waals surface area contributed by atoms with E-state index in [1.807, 2.05) is 41.5 Å². The molecule has 0 aromatic heterocycles. The molecule has 20 heavy (non-hydrogen) atoms. The molecule has 0 aromatic rings. The standard InChI is InChI=1S/C16H27NO3/c1-14(2,3)7-8-16(19)9-11-17(12-10-16)13(18)20-15(4,5)6/h19H,9-12H2,1-6H3. The van der Waals surface area contributed by atoms with Gasteiger partial charge in [0.2, 0.25) is 0 Å². The van der Waals surface area contributed by atoms with E-state index in [2.05, 4.69) is 11.8 Å². The van der Waals surface area contributed by atoms with Gasteiger partial charge in [0.1, 0.15) is 11.2 Å². The highest BCUT2D eigenvalue weighted by Crippen LogP contribution is 2.24. The van der Waals surface area contributed by atoms with Crippen molar-refractivity contribution >= 4 is 6.09 Å². The van der Waals surface area contributed by atoms with Crippen LogP contribution in [0.3, 0.4) is 0 Å². The van der Waals surface area contributed by atoms with Gasteiger partial charge < -0.3 is 14.7 Å². The molecule has 1 heterocycles. The molecule has 1 saturated heterocycles. The molecule has 1 fully saturated rings. The van der Waals surface area contributed by atoms with E-state index in [4.69, 9.17) is 4.74 Å². The highest BCUT2D eigenvalue weighted by Gasteiger charge is 2.34. The third-order valence-corrected chi connectivity index (χ3v) is 2.91. The lowest BCUT2D eigenvalue weighted by Gasteiger charge is -2.36. The number of hydrogen-bond acceptors (Lipinski definition) is 3. The predicted octanol–water partition coefficient (Wildman–Crippen LogP) is 2.80. The van der Waals surface area contributed by atoms with Gasteiger partial charge in [0.15, 0.2) is 0 Å². The van der Waals surface area contributed by atoms with Crippen molar-refractivity contribution in [2.75, 3.05) is 13.1 Å². The average molecular weight is 281 g/mol. The van der Waals surface area contributed by atoms with Crippen LogP contribution in [0.5, 0.6) is 0 Å². The van der Waals surface area contributed by atoms with E-state index in [1.165, 1.54) is 0 Å². The molecule has 1 rings (SSSR count). The van der Waals surface area contributed by atoms with Crippen molar-refractivity contribution in [1.82, 2.24) is 4.90 Å². The Morgan fingerprint density at radius 2 is 1.65 bits per heavy atom. The summed E-state index contributed by atoms with van der Waals surface area (Å²) < 4.78 is 5.33. The zero-order valence-electron chi connectivity index (χ0n) is 13.5. The first kappa shape index (κ1) is 16.8. The summed E-state index contributed by atoms with van der Waals surface area (Å²) in [6.45, 7) is 12.5. The largest absolute Gasteiger partial charge is 0.444 e. The number of rotatable bonds is 0. The Bertz CT molecular complexity index is 410. The number of likely N-dealkylation sites (tertiary alicyclic amines) is 1. The molecule has 0 spiro atoms. The van der Waals surface area contributed by atoms with E-state index in [9.17, 15) is 9.90 Å². The fourth-order valence-corrected chi connectivity index (χ4v) is 1.81. The monoisotopic (exact) mass is 281 g/mol. The molecule has 0 saturated carbocycles. The van der Waals surface area contributed by atoms with E-state index < -0.39 is 11.2 Å². The molecule has 4 heteroatoms. The van der Waals surface area contributed by atoms with Crippen molar-refractivity contribution in [1.29, 1.82) is 0 Å². The highest BCUT2D eigenvalue weighted by molar-refractivity contribution is 5.68. The van der Waals surface area contributed by atoms with Crippen LogP contribution in [-0.4, -0.2) is 40.4 Å². The first-order valence-electron chi connectivity index (χ1n) is 7.15. The Kier molecular flexibility index (Phi) is 4.76. The predicted molar refractivity (Wildman–Crippen MR) is 79.2 cm³/mol. The topological polar surface area (TPSA) is 49.8 Å². The van der Waals surface area contributed by atoms with Crippen LogP contribution in [0.4, 0.5) is 4.79 Å². The molecule has 114 valence electrons. The quantitative estimate of drug-likeness (QED) is 0.695. The van der Waals surface area contributed by atoms with Crippen LogP contribution < -0.4 is 0 Å². The van der Waals surface area contributed by atoms with Crippen LogP contribution in [0.25, 0.3) is 0 Å². The second-order valence-corrected chi connectivity index (χ2v) is 7.50. The normalized spacial score (nSPS) is 19.1. The maximum absolute atomic E-state index is 11.9. The number of ether oxygens (including phenoxy) is 1. The molecule has 0 aromatic carbocycles. The van der Waals surface area contributed by atoms with Gasteiger partial charge >= 0.3 is 6.09 Å². The van der Waals surface area contributed by atoms with Crippen LogP contribution in [-0.2, 0) is 4.74 Å². The molecule has 0 unspecified atom stereocenters. The first-order valence-corrected chi connectivity index (χ1v) is 7.15. The molecule has 0 aliphatic carbocycles. The van der Waals surface area contributed by atoms with Crippen LogP contribution in [0, 0.1) is 17.3 Å². The molecule has 0 radical (unpaired) electrons. The summed E-state index contributed by atoms with van der Waals surface area (Å²) >= 11 is 0. The van der Waals surface area contributed by atoms with Gasteiger partial charge in [0.05, 0.1) is 0 Å². The van der Waals surface area contributed by atoms with E-state index in [0.717, 1.165) is 0 Å². The summed E-state index contributed by atoms with van der Waals surface area (Å²) in [5.74, 6) is 6.05. The van der Waals surface area contributed by atoms with Gasteiger partial charge in [0, 0.05) is 31.3 Å². The Morgan fingerprint density at radius 3 is 2.05 bits per heavy atom.